The minimum atomic E-state index is -0.687. The minimum Gasteiger partial charge on any atom is -0.388 e. The molecule has 1 unspecified atom stereocenters. The highest BCUT2D eigenvalue weighted by molar-refractivity contribution is 6.30. The Morgan fingerprint density at radius 2 is 2.20 bits per heavy atom. The summed E-state index contributed by atoms with van der Waals surface area (Å²) in [6.45, 7) is 0. The minimum absolute atomic E-state index is 0.367. The van der Waals surface area contributed by atoms with Crippen molar-refractivity contribution in [1.82, 2.24) is 0 Å². The highest BCUT2D eigenvalue weighted by Gasteiger charge is 2.23. The molecule has 3 heteroatoms. The fraction of sp³-hybridized carbons (Fsp3) is 0.500. The molecule has 2 rings (SSSR count). The first-order valence-corrected chi connectivity index (χ1v) is 5.67. The van der Waals surface area contributed by atoms with Crippen LogP contribution in [0.1, 0.15) is 37.4 Å². The summed E-state index contributed by atoms with van der Waals surface area (Å²) >= 11 is 5.64. The largest absolute Gasteiger partial charge is 0.388 e. The van der Waals surface area contributed by atoms with Crippen molar-refractivity contribution in [2.45, 2.75) is 31.8 Å². The molecule has 0 aliphatic heterocycles. The van der Waals surface area contributed by atoms with E-state index in [1.165, 1.54) is 12.5 Å². The van der Waals surface area contributed by atoms with Gasteiger partial charge >= 0.3 is 0 Å². The lowest BCUT2D eigenvalue weighted by Crippen LogP contribution is -2.15. The number of hydrogen-bond donors (Lipinski definition) is 1. The van der Waals surface area contributed by atoms with Crippen LogP contribution in [0, 0.1) is 11.7 Å². The average Bonchev–Trinajstić information content (AvgIpc) is 2.11. The maximum absolute atomic E-state index is 13.4. The average molecular weight is 229 g/mol. The fourth-order valence-corrected chi connectivity index (χ4v) is 2.10. The molecule has 0 radical (unpaired) electrons. The van der Waals surface area contributed by atoms with Gasteiger partial charge in [0.2, 0.25) is 0 Å². The Labute approximate surface area is 93.9 Å². The Bertz CT molecular complexity index is 349. The van der Waals surface area contributed by atoms with E-state index in [1.807, 2.05) is 0 Å². The monoisotopic (exact) mass is 228 g/mol. The van der Waals surface area contributed by atoms with Crippen molar-refractivity contribution in [3.8, 4) is 0 Å². The first kappa shape index (κ1) is 10.9. The number of halogens is 2. The quantitative estimate of drug-likeness (QED) is 0.837. The van der Waals surface area contributed by atoms with E-state index in [4.69, 9.17) is 11.6 Å². The summed E-state index contributed by atoms with van der Waals surface area (Å²) in [4.78, 5) is 0. The molecule has 1 atom stereocenters. The Kier molecular flexibility index (Phi) is 3.27. The van der Waals surface area contributed by atoms with E-state index in [0.717, 1.165) is 12.8 Å². The lowest BCUT2D eigenvalue weighted by Gasteiger charge is -2.27. The van der Waals surface area contributed by atoms with Crippen LogP contribution in [-0.2, 0) is 0 Å². The van der Waals surface area contributed by atoms with Crippen molar-refractivity contribution in [2.75, 3.05) is 0 Å². The molecule has 1 N–H and O–H groups in total. The molecule has 0 bridgehead atoms. The molecule has 1 saturated carbocycles. The summed E-state index contributed by atoms with van der Waals surface area (Å²) in [5.41, 5.74) is 0.367. The van der Waals surface area contributed by atoms with Crippen molar-refractivity contribution >= 4 is 11.6 Å². The molecule has 15 heavy (non-hydrogen) atoms. The van der Waals surface area contributed by atoms with E-state index in [2.05, 4.69) is 0 Å². The van der Waals surface area contributed by atoms with E-state index >= 15 is 0 Å². The summed E-state index contributed by atoms with van der Waals surface area (Å²) in [7, 11) is 0. The standard InChI is InChI=1S/C12H14ClFO/c13-9-4-5-10(11(14)7-9)12(15)6-8-2-1-3-8/h4-5,7-8,12,15H,1-3,6H2. The third kappa shape index (κ3) is 2.50. The Hall–Kier alpha value is -0.600. The number of aliphatic hydroxyl groups excluding tert-OH is 1. The van der Waals surface area contributed by atoms with Crippen LogP contribution in [0.5, 0.6) is 0 Å². The topological polar surface area (TPSA) is 20.2 Å². The molecule has 1 aromatic rings. The molecule has 1 nitrogen and oxygen atoms in total. The van der Waals surface area contributed by atoms with Crippen LogP contribution in [0.4, 0.5) is 4.39 Å². The molecule has 82 valence electrons. The van der Waals surface area contributed by atoms with Gasteiger partial charge in [-0.25, -0.2) is 4.39 Å². The third-order valence-electron chi connectivity index (χ3n) is 3.10. The third-order valence-corrected chi connectivity index (χ3v) is 3.34. The van der Waals surface area contributed by atoms with Crippen LogP contribution in [-0.4, -0.2) is 5.11 Å². The molecule has 0 heterocycles. The van der Waals surface area contributed by atoms with Crippen LogP contribution in [0.3, 0.4) is 0 Å². The van der Waals surface area contributed by atoms with Gasteiger partial charge in [-0.15, -0.1) is 0 Å². The summed E-state index contributed by atoms with van der Waals surface area (Å²) < 4.78 is 13.4. The molecule has 0 spiro atoms. The Morgan fingerprint density at radius 1 is 1.47 bits per heavy atom. The zero-order chi connectivity index (χ0) is 10.8. The van der Waals surface area contributed by atoms with Crippen molar-refractivity contribution in [3.63, 3.8) is 0 Å². The summed E-state index contributed by atoms with van der Waals surface area (Å²) in [6.07, 6.45) is 3.53. The molecular weight excluding hydrogens is 215 g/mol. The second kappa shape index (κ2) is 4.50. The molecular formula is C12H14ClFO. The predicted octanol–water partition coefficient (Wildman–Crippen LogP) is 3.70. The predicted molar refractivity (Wildman–Crippen MR) is 58.3 cm³/mol. The van der Waals surface area contributed by atoms with Gasteiger partial charge in [0, 0.05) is 10.6 Å². The van der Waals surface area contributed by atoms with Crippen LogP contribution < -0.4 is 0 Å². The molecule has 1 aromatic carbocycles. The zero-order valence-electron chi connectivity index (χ0n) is 8.42. The van der Waals surface area contributed by atoms with E-state index in [0.29, 0.717) is 22.9 Å². The highest BCUT2D eigenvalue weighted by atomic mass is 35.5. The lowest BCUT2D eigenvalue weighted by atomic mass is 9.80. The van der Waals surface area contributed by atoms with E-state index in [9.17, 15) is 9.50 Å². The van der Waals surface area contributed by atoms with Crippen molar-refractivity contribution in [2.24, 2.45) is 5.92 Å². The Morgan fingerprint density at radius 3 is 2.73 bits per heavy atom. The molecule has 0 saturated heterocycles. The van der Waals surface area contributed by atoms with Gasteiger partial charge in [0.1, 0.15) is 5.82 Å². The summed E-state index contributed by atoms with van der Waals surface area (Å²) in [5.74, 6) is 0.157. The van der Waals surface area contributed by atoms with E-state index in [1.54, 1.807) is 12.1 Å². The highest BCUT2D eigenvalue weighted by Crippen LogP contribution is 2.35. The van der Waals surface area contributed by atoms with Gasteiger partial charge in [0.05, 0.1) is 6.10 Å². The van der Waals surface area contributed by atoms with Crippen molar-refractivity contribution in [1.29, 1.82) is 0 Å². The van der Waals surface area contributed by atoms with Crippen LogP contribution in [0.15, 0.2) is 18.2 Å². The maximum Gasteiger partial charge on any atom is 0.130 e. The summed E-state index contributed by atoms with van der Waals surface area (Å²) in [5, 5.41) is 10.2. The smallest absolute Gasteiger partial charge is 0.130 e. The molecule has 1 fully saturated rings. The van der Waals surface area contributed by atoms with Gasteiger partial charge in [-0.2, -0.15) is 0 Å². The first-order valence-electron chi connectivity index (χ1n) is 5.30. The van der Waals surface area contributed by atoms with Crippen molar-refractivity contribution < 1.29 is 9.50 Å². The first-order chi connectivity index (χ1) is 7.16. The van der Waals surface area contributed by atoms with Gasteiger partial charge in [-0.1, -0.05) is 36.9 Å². The number of rotatable bonds is 3. The number of aliphatic hydroxyl groups is 1. The van der Waals surface area contributed by atoms with Gasteiger partial charge in [-0.05, 0) is 24.5 Å². The van der Waals surface area contributed by atoms with Gasteiger partial charge in [0.15, 0.2) is 0 Å². The normalized spacial score (nSPS) is 18.6. The summed E-state index contributed by atoms with van der Waals surface area (Å²) in [6, 6.07) is 4.44. The molecule has 0 amide bonds. The Balaban J connectivity index is 2.06. The number of benzene rings is 1. The van der Waals surface area contributed by atoms with Gasteiger partial charge in [-0.3, -0.25) is 0 Å². The van der Waals surface area contributed by atoms with Gasteiger partial charge in [0.25, 0.3) is 0 Å². The van der Waals surface area contributed by atoms with Crippen LogP contribution in [0.25, 0.3) is 0 Å². The van der Waals surface area contributed by atoms with Gasteiger partial charge < -0.3 is 5.11 Å². The zero-order valence-corrected chi connectivity index (χ0v) is 9.17. The van der Waals surface area contributed by atoms with Crippen LogP contribution >= 0.6 is 11.6 Å². The molecule has 1 aliphatic rings. The van der Waals surface area contributed by atoms with Crippen molar-refractivity contribution in [3.05, 3.63) is 34.6 Å². The van der Waals surface area contributed by atoms with E-state index < -0.39 is 11.9 Å². The molecule has 1 aliphatic carbocycles. The molecule has 0 aromatic heterocycles. The fourth-order valence-electron chi connectivity index (χ4n) is 1.94. The van der Waals surface area contributed by atoms with Crippen LogP contribution in [0.2, 0.25) is 5.02 Å². The lowest BCUT2D eigenvalue weighted by molar-refractivity contribution is 0.115. The maximum atomic E-state index is 13.4. The van der Waals surface area contributed by atoms with E-state index in [-0.39, 0.29) is 0 Å². The SMILES string of the molecule is OC(CC1CCC1)c1ccc(Cl)cc1F. The second-order valence-corrected chi connectivity index (χ2v) is 4.65. The second-order valence-electron chi connectivity index (χ2n) is 4.21. The number of hydrogen-bond acceptors (Lipinski definition) is 1.